The summed E-state index contributed by atoms with van der Waals surface area (Å²) in [6, 6.07) is 10.5. The molecule has 14 heavy (non-hydrogen) atoms. The predicted molar refractivity (Wildman–Crippen MR) is 55.7 cm³/mol. The van der Waals surface area contributed by atoms with Crippen molar-refractivity contribution in [2.24, 2.45) is 7.05 Å². The molecule has 0 aliphatic heterocycles. The van der Waals surface area contributed by atoms with Crippen LogP contribution in [0, 0.1) is 6.92 Å². The zero-order chi connectivity index (χ0) is 9.26. The molecule has 1 aromatic heterocycles. The lowest BCUT2D eigenvalue weighted by atomic mass is 10.2. The van der Waals surface area contributed by atoms with Gasteiger partial charge in [0.05, 0.1) is 5.38 Å². The van der Waals surface area contributed by atoms with Crippen LogP contribution >= 0.6 is 11.3 Å². The van der Waals surface area contributed by atoms with Crippen LogP contribution in [0.3, 0.4) is 0 Å². The number of nitrogens with zero attached hydrogens (tertiary/aromatic N) is 1. The first-order valence-electron chi connectivity index (χ1n) is 4.28. The van der Waals surface area contributed by atoms with E-state index in [0.717, 1.165) is 0 Å². The summed E-state index contributed by atoms with van der Waals surface area (Å²) in [7, 11) is 2.11. The smallest absolute Gasteiger partial charge is 0.234 e. The highest BCUT2D eigenvalue weighted by Gasteiger charge is 2.13. The van der Waals surface area contributed by atoms with Crippen molar-refractivity contribution in [2.75, 3.05) is 0 Å². The SMILES string of the molecule is Cc1scc(-c2ccccc2)[n+]1C.[Cl-]. The number of halogens is 1. The Labute approximate surface area is 94.4 Å². The van der Waals surface area contributed by atoms with Crippen molar-refractivity contribution in [3.8, 4) is 11.3 Å². The molecule has 1 nitrogen and oxygen atoms in total. The molecule has 0 atom stereocenters. The summed E-state index contributed by atoms with van der Waals surface area (Å²) >= 11 is 1.79. The van der Waals surface area contributed by atoms with Gasteiger partial charge >= 0.3 is 0 Å². The Morgan fingerprint density at radius 3 is 2.29 bits per heavy atom. The van der Waals surface area contributed by atoms with Crippen LogP contribution in [-0.4, -0.2) is 0 Å². The van der Waals surface area contributed by atoms with E-state index in [1.165, 1.54) is 16.3 Å². The fourth-order valence-corrected chi connectivity index (χ4v) is 2.17. The van der Waals surface area contributed by atoms with Crippen molar-refractivity contribution in [2.45, 2.75) is 6.92 Å². The minimum atomic E-state index is 0. The standard InChI is InChI=1S/C11H12NS.ClH/c1-9-12(2)11(8-13-9)10-6-4-3-5-7-10;/h3-8H,1-2H3;1H/q+1;/p-1. The maximum atomic E-state index is 2.22. The zero-order valence-corrected chi connectivity index (χ0v) is 9.77. The fraction of sp³-hybridized carbons (Fsp3) is 0.182. The summed E-state index contributed by atoms with van der Waals surface area (Å²) in [6.45, 7) is 2.14. The Bertz CT molecular complexity index is 408. The Morgan fingerprint density at radius 2 is 1.79 bits per heavy atom. The van der Waals surface area contributed by atoms with Crippen LogP contribution in [0.5, 0.6) is 0 Å². The second kappa shape index (κ2) is 4.58. The zero-order valence-electron chi connectivity index (χ0n) is 8.20. The van der Waals surface area contributed by atoms with Crippen LogP contribution < -0.4 is 17.0 Å². The van der Waals surface area contributed by atoms with Crippen LogP contribution in [0.25, 0.3) is 11.3 Å². The highest BCUT2D eigenvalue weighted by molar-refractivity contribution is 7.09. The summed E-state index contributed by atoms with van der Waals surface area (Å²) in [5.41, 5.74) is 2.58. The van der Waals surface area contributed by atoms with E-state index < -0.39 is 0 Å². The van der Waals surface area contributed by atoms with E-state index in [0.29, 0.717) is 0 Å². The minimum Gasteiger partial charge on any atom is -1.00 e. The molecule has 1 aromatic carbocycles. The summed E-state index contributed by atoms with van der Waals surface area (Å²) in [4.78, 5) is 0. The van der Waals surface area contributed by atoms with Gasteiger partial charge in [0.25, 0.3) is 0 Å². The van der Waals surface area contributed by atoms with E-state index in [2.05, 4.69) is 48.2 Å². The number of aromatic nitrogens is 1. The quantitative estimate of drug-likeness (QED) is 0.579. The van der Waals surface area contributed by atoms with Gasteiger partial charge in [-0.15, -0.1) is 0 Å². The lowest BCUT2D eigenvalue weighted by Gasteiger charge is -1.93. The maximum absolute atomic E-state index is 2.22. The molecular weight excluding hydrogens is 214 g/mol. The Hall–Kier alpha value is -0.860. The van der Waals surface area contributed by atoms with Gasteiger partial charge in [-0.25, -0.2) is 0 Å². The molecule has 3 heteroatoms. The molecule has 0 radical (unpaired) electrons. The molecule has 0 spiro atoms. The molecule has 0 unspecified atom stereocenters. The van der Waals surface area contributed by atoms with E-state index in [9.17, 15) is 0 Å². The van der Waals surface area contributed by atoms with Crippen molar-refractivity contribution >= 4 is 11.3 Å². The first-order chi connectivity index (χ1) is 6.29. The topological polar surface area (TPSA) is 3.88 Å². The first kappa shape index (κ1) is 11.2. The average Bonchev–Trinajstić information content (AvgIpc) is 2.49. The second-order valence-electron chi connectivity index (χ2n) is 3.07. The number of benzene rings is 1. The molecule has 0 N–H and O–H groups in total. The number of hydrogen-bond donors (Lipinski definition) is 0. The summed E-state index contributed by atoms with van der Waals surface area (Å²) < 4.78 is 2.22. The van der Waals surface area contributed by atoms with Crippen molar-refractivity contribution in [3.63, 3.8) is 0 Å². The first-order valence-corrected chi connectivity index (χ1v) is 5.16. The van der Waals surface area contributed by atoms with Crippen LogP contribution in [-0.2, 0) is 7.05 Å². The molecule has 0 aliphatic rings. The summed E-state index contributed by atoms with van der Waals surface area (Å²) in [5.74, 6) is 0. The monoisotopic (exact) mass is 225 g/mol. The molecule has 0 amide bonds. The van der Waals surface area contributed by atoms with Crippen LogP contribution in [0.1, 0.15) is 5.01 Å². The number of hydrogen-bond acceptors (Lipinski definition) is 1. The normalized spacial score (nSPS) is 9.57. The molecule has 0 saturated carbocycles. The van der Waals surface area contributed by atoms with Gasteiger partial charge in [-0.3, -0.25) is 0 Å². The lowest BCUT2D eigenvalue weighted by molar-refractivity contribution is -0.661. The number of aryl methyl sites for hydroxylation is 1. The highest BCUT2D eigenvalue weighted by Crippen LogP contribution is 2.18. The Morgan fingerprint density at radius 1 is 1.14 bits per heavy atom. The highest BCUT2D eigenvalue weighted by atomic mass is 35.5. The molecule has 1 heterocycles. The summed E-state index contributed by atoms with van der Waals surface area (Å²) in [5, 5.41) is 3.53. The van der Waals surface area contributed by atoms with Gasteiger partial charge in [-0.05, 0) is 12.1 Å². The van der Waals surface area contributed by atoms with Gasteiger partial charge in [-0.2, -0.15) is 4.57 Å². The molecule has 0 bridgehead atoms. The Balaban J connectivity index is 0.000000980. The van der Waals surface area contributed by atoms with Gasteiger partial charge in [0.15, 0.2) is 0 Å². The van der Waals surface area contributed by atoms with E-state index in [1.807, 2.05) is 6.07 Å². The third-order valence-electron chi connectivity index (χ3n) is 2.24. The van der Waals surface area contributed by atoms with E-state index in [-0.39, 0.29) is 12.4 Å². The van der Waals surface area contributed by atoms with Crippen molar-refractivity contribution < 1.29 is 17.0 Å². The minimum absolute atomic E-state index is 0. The van der Waals surface area contributed by atoms with E-state index in [1.54, 1.807) is 11.3 Å². The van der Waals surface area contributed by atoms with E-state index >= 15 is 0 Å². The Kier molecular flexibility index (Phi) is 3.67. The van der Waals surface area contributed by atoms with Crippen LogP contribution in [0.4, 0.5) is 0 Å². The molecule has 0 saturated heterocycles. The van der Waals surface area contributed by atoms with Gasteiger partial charge in [0, 0.05) is 12.5 Å². The van der Waals surface area contributed by atoms with Crippen molar-refractivity contribution in [1.29, 1.82) is 0 Å². The average molecular weight is 226 g/mol. The second-order valence-corrected chi connectivity index (χ2v) is 4.13. The lowest BCUT2D eigenvalue weighted by Crippen LogP contribution is -3.00. The summed E-state index contributed by atoms with van der Waals surface area (Å²) in [6.07, 6.45) is 0. The van der Waals surface area contributed by atoms with Gasteiger partial charge in [0.2, 0.25) is 10.7 Å². The predicted octanol–water partition coefficient (Wildman–Crippen LogP) is -0.448. The maximum Gasteiger partial charge on any atom is 0.234 e. The molecular formula is C11H12ClNS. The third-order valence-corrected chi connectivity index (χ3v) is 3.20. The molecule has 0 aliphatic carbocycles. The molecule has 2 rings (SSSR count). The van der Waals surface area contributed by atoms with Crippen molar-refractivity contribution in [1.82, 2.24) is 0 Å². The molecule has 74 valence electrons. The largest absolute Gasteiger partial charge is 1.00 e. The third kappa shape index (κ3) is 1.97. The number of thiazole rings is 1. The van der Waals surface area contributed by atoms with Gasteiger partial charge in [-0.1, -0.05) is 29.5 Å². The van der Waals surface area contributed by atoms with Gasteiger partial charge in [0.1, 0.15) is 7.05 Å². The van der Waals surface area contributed by atoms with Crippen molar-refractivity contribution in [3.05, 3.63) is 40.7 Å². The van der Waals surface area contributed by atoms with Crippen LogP contribution in [0.15, 0.2) is 35.7 Å². The molecule has 0 fully saturated rings. The van der Waals surface area contributed by atoms with Crippen LogP contribution in [0.2, 0.25) is 0 Å². The molecule has 2 aromatic rings. The van der Waals surface area contributed by atoms with E-state index in [4.69, 9.17) is 0 Å². The van der Waals surface area contributed by atoms with Gasteiger partial charge < -0.3 is 12.4 Å². The fourth-order valence-electron chi connectivity index (χ4n) is 1.34. The number of rotatable bonds is 1.